The minimum atomic E-state index is -0.384. The molecule has 1 aromatic carbocycles. The lowest BCUT2D eigenvalue weighted by molar-refractivity contribution is 0.248. The molecule has 6 nitrogen and oxygen atoms in total. The first-order chi connectivity index (χ1) is 15.5. The Labute approximate surface area is 186 Å². The lowest BCUT2D eigenvalue weighted by Crippen LogP contribution is -2.47. The first-order valence-electron chi connectivity index (χ1n) is 11.5. The van der Waals surface area contributed by atoms with E-state index in [9.17, 15) is 4.79 Å². The molecule has 2 aliphatic rings. The molecule has 6 rings (SSSR count). The topological polar surface area (TPSA) is 62.7 Å². The Morgan fingerprint density at radius 2 is 1.78 bits per heavy atom. The summed E-state index contributed by atoms with van der Waals surface area (Å²) in [7, 11) is 0. The Morgan fingerprint density at radius 3 is 2.56 bits per heavy atom. The van der Waals surface area contributed by atoms with Gasteiger partial charge in [-0.2, -0.15) is 0 Å². The van der Waals surface area contributed by atoms with Gasteiger partial charge in [-0.3, -0.25) is 9.88 Å². The first-order valence-corrected chi connectivity index (χ1v) is 11.5. The predicted octanol–water partition coefficient (Wildman–Crippen LogP) is 4.75. The monoisotopic (exact) mass is 429 g/mol. The quantitative estimate of drug-likeness (QED) is 0.436. The first kappa shape index (κ1) is 19.6. The molecule has 0 amide bonds. The number of aryl methyl sites for hydroxylation is 2. The maximum absolute atomic E-state index is 12.8. The maximum Gasteiger partial charge on any atom is 0.347 e. The average Bonchev–Trinajstić information content (AvgIpc) is 3.49. The molecule has 32 heavy (non-hydrogen) atoms. The van der Waals surface area contributed by atoms with Gasteiger partial charge in [0.25, 0.3) is 0 Å². The molecule has 1 saturated heterocycles. The van der Waals surface area contributed by atoms with E-state index in [1.54, 1.807) is 0 Å². The van der Waals surface area contributed by atoms with E-state index >= 15 is 0 Å². The van der Waals surface area contributed by atoms with Crippen molar-refractivity contribution in [1.82, 2.24) is 9.88 Å². The van der Waals surface area contributed by atoms with E-state index in [2.05, 4.69) is 20.9 Å². The van der Waals surface area contributed by atoms with Crippen LogP contribution in [0.25, 0.3) is 33.3 Å². The second-order valence-electron chi connectivity index (χ2n) is 9.28. The molecule has 2 fully saturated rings. The number of fused-ring (bicyclic) bond motifs is 2. The van der Waals surface area contributed by atoms with Gasteiger partial charge in [0, 0.05) is 60.9 Å². The van der Waals surface area contributed by atoms with Crippen LogP contribution >= 0.6 is 0 Å². The third-order valence-corrected chi connectivity index (χ3v) is 6.73. The van der Waals surface area contributed by atoms with Crippen LogP contribution in [-0.4, -0.2) is 42.6 Å². The zero-order valence-electron chi connectivity index (χ0n) is 18.6. The Morgan fingerprint density at radius 1 is 0.969 bits per heavy atom. The highest BCUT2D eigenvalue weighted by Crippen LogP contribution is 2.32. The van der Waals surface area contributed by atoms with E-state index in [1.165, 1.54) is 19.4 Å². The number of hydrogen-bond donors (Lipinski definition) is 0. The van der Waals surface area contributed by atoms with Crippen molar-refractivity contribution in [1.29, 1.82) is 0 Å². The lowest BCUT2D eigenvalue weighted by Gasteiger charge is -2.36. The minimum Gasteiger partial charge on any atom is -0.454 e. The number of furan rings is 1. The summed E-state index contributed by atoms with van der Waals surface area (Å²) in [4.78, 5) is 22.3. The predicted molar refractivity (Wildman–Crippen MR) is 126 cm³/mol. The van der Waals surface area contributed by atoms with Crippen molar-refractivity contribution in [3.63, 3.8) is 0 Å². The van der Waals surface area contributed by atoms with E-state index in [0.29, 0.717) is 22.5 Å². The van der Waals surface area contributed by atoms with Crippen LogP contribution in [0.2, 0.25) is 0 Å². The van der Waals surface area contributed by atoms with Gasteiger partial charge in [-0.15, -0.1) is 0 Å². The van der Waals surface area contributed by atoms with Gasteiger partial charge in [-0.25, -0.2) is 4.79 Å². The van der Waals surface area contributed by atoms with Gasteiger partial charge >= 0.3 is 5.63 Å². The van der Waals surface area contributed by atoms with Crippen LogP contribution in [0.3, 0.4) is 0 Å². The van der Waals surface area contributed by atoms with Crippen LogP contribution in [0.5, 0.6) is 0 Å². The van der Waals surface area contributed by atoms with Crippen LogP contribution in [-0.2, 0) is 0 Å². The molecule has 0 bridgehead atoms. The van der Waals surface area contributed by atoms with Gasteiger partial charge in [0.2, 0.25) is 0 Å². The second-order valence-corrected chi connectivity index (χ2v) is 9.28. The normalized spacial score (nSPS) is 17.5. The summed E-state index contributed by atoms with van der Waals surface area (Å²) in [5.74, 6) is 1.45. The third kappa shape index (κ3) is 3.58. The fourth-order valence-corrected chi connectivity index (χ4v) is 4.82. The van der Waals surface area contributed by atoms with E-state index in [1.807, 2.05) is 44.2 Å². The van der Waals surface area contributed by atoms with Crippen LogP contribution in [0.15, 0.2) is 50.0 Å². The third-order valence-electron chi connectivity index (χ3n) is 6.73. The molecule has 0 spiro atoms. The van der Waals surface area contributed by atoms with E-state index < -0.39 is 0 Å². The number of anilines is 1. The van der Waals surface area contributed by atoms with Crippen molar-refractivity contribution >= 4 is 27.6 Å². The smallest absolute Gasteiger partial charge is 0.347 e. The van der Waals surface area contributed by atoms with Crippen LogP contribution in [0.1, 0.15) is 24.2 Å². The fourth-order valence-electron chi connectivity index (χ4n) is 4.82. The highest BCUT2D eigenvalue weighted by molar-refractivity contribution is 5.88. The molecule has 0 N–H and O–H groups in total. The number of hydrogen-bond acceptors (Lipinski definition) is 6. The summed E-state index contributed by atoms with van der Waals surface area (Å²) < 4.78 is 11.7. The van der Waals surface area contributed by atoms with Crippen molar-refractivity contribution in [3.8, 4) is 11.3 Å². The van der Waals surface area contributed by atoms with Crippen molar-refractivity contribution in [2.75, 3.05) is 37.6 Å². The van der Waals surface area contributed by atoms with Gasteiger partial charge in [0.05, 0.1) is 5.69 Å². The number of benzene rings is 1. The number of piperazine rings is 1. The molecule has 0 atom stereocenters. The van der Waals surface area contributed by atoms with Gasteiger partial charge in [0.1, 0.15) is 16.9 Å². The molecule has 0 unspecified atom stereocenters. The van der Waals surface area contributed by atoms with Crippen molar-refractivity contribution in [3.05, 3.63) is 58.2 Å². The highest BCUT2D eigenvalue weighted by atomic mass is 16.4. The summed E-state index contributed by atoms with van der Waals surface area (Å²) in [5, 5.41) is 1.84. The second kappa shape index (κ2) is 7.48. The molecule has 4 aromatic rings. The summed E-state index contributed by atoms with van der Waals surface area (Å²) in [5.41, 5.74) is 4.23. The molecule has 6 heteroatoms. The van der Waals surface area contributed by atoms with Crippen LogP contribution in [0.4, 0.5) is 5.69 Å². The summed E-state index contributed by atoms with van der Waals surface area (Å²) in [6.07, 6.45) is 2.80. The molecule has 164 valence electrons. The van der Waals surface area contributed by atoms with Crippen molar-refractivity contribution in [2.24, 2.45) is 5.92 Å². The summed E-state index contributed by atoms with van der Waals surface area (Å²) >= 11 is 0. The highest BCUT2D eigenvalue weighted by Gasteiger charge is 2.26. The van der Waals surface area contributed by atoms with Gasteiger partial charge in [-0.1, -0.05) is 0 Å². The number of pyridine rings is 1. The molecule has 1 saturated carbocycles. The van der Waals surface area contributed by atoms with Gasteiger partial charge < -0.3 is 13.7 Å². The molecular formula is C26H27N3O3. The largest absolute Gasteiger partial charge is 0.454 e. The molecule has 4 heterocycles. The van der Waals surface area contributed by atoms with Gasteiger partial charge in [-0.05, 0) is 62.9 Å². The molecule has 1 aliphatic carbocycles. The van der Waals surface area contributed by atoms with E-state index in [0.717, 1.165) is 59.9 Å². The molecule has 0 radical (unpaired) electrons. The zero-order chi connectivity index (χ0) is 21.8. The Balaban J connectivity index is 1.29. The molecule has 3 aromatic heterocycles. The fraction of sp³-hybridized carbons (Fsp3) is 0.385. The van der Waals surface area contributed by atoms with Crippen LogP contribution in [0, 0.1) is 19.8 Å². The van der Waals surface area contributed by atoms with Gasteiger partial charge in [0.15, 0.2) is 5.58 Å². The number of rotatable bonds is 4. The van der Waals surface area contributed by atoms with Crippen LogP contribution < -0.4 is 10.5 Å². The summed E-state index contributed by atoms with van der Waals surface area (Å²) in [6.45, 7) is 9.32. The Bertz CT molecular complexity index is 1370. The van der Waals surface area contributed by atoms with Crippen molar-refractivity contribution < 1.29 is 8.83 Å². The lowest BCUT2D eigenvalue weighted by atomic mass is 10.1. The van der Waals surface area contributed by atoms with Crippen molar-refractivity contribution in [2.45, 2.75) is 26.7 Å². The van der Waals surface area contributed by atoms with E-state index in [4.69, 9.17) is 8.83 Å². The maximum atomic E-state index is 12.8. The Kier molecular flexibility index (Phi) is 4.57. The molecule has 1 aliphatic heterocycles. The minimum absolute atomic E-state index is 0.384. The number of nitrogens with zero attached hydrogens (tertiary/aromatic N) is 3. The number of aromatic nitrogens is 1. The SMILES string of the molecule is Cc1cc2cc(-c3cc4ccc(N5CCN(CC6CC6)CC5)cc4oc3=O)oc2c(C)n1. The average molecular weight is 430 g/mol. The Hall–Kier alpha value is -3.12. The van der Waals surface area contributed by atoms with E-state index in [-0.39, 0.29) is 5.63 Å². The standard InChI is InChI=1S/C26H27N3O3/c1-16-11-20-13-24(31-25(20)17(2)27-16)22-12-19-5-6-21(14-23(19)32-26(22)30)29-9-7-28(8-10-29)15-18-3-4-18/h5-6,11-14,18H,3-4,7-10,15H2,1-2H3. The molecular weight excluding hydrogens is 402 g/mol. The zero-order valence-corrected chi connectivity index (χ0v) is 18.6. The summed E-state index contributed by atoms with van der Waals surface area (Å²) in [6, 6.07) is 11.9.